The van der Waals surface area contributed by atoms with Crippen LogP contribution >= 0.6 is 0 Å². The molecule has 2 N–H and O–H groups in total. The molecule has 0 aliphatic heterocycles. The van der Waals surface area contributed by atoms with Crippen LogP contribution in [0.4, 0.5) is 0 Å². The van der Waals surface area contributed by atoms with Crippen molar-refractivity contribution in [1.82, 2.24) is 0 Å². The molecule has 0 amide bonds. The van der Waals surface area contributed by atoms with Crippen LogP contribution in [0.1, 0.15) is 53.9 Å². The summed E-state index contributed by atoms with van der Waals surface area (Å²) in [4.78, 5) is 0. The van der Waals surface area contributed by atoms with E-state index in [4.69, 9.17) is 0 Å². The van der Waals surface area contributed by atoms with Crippen molar-refractivity contribution in [2.24, 2.45) is 17.8 Å². The summed E-state index contributed by atoms with van der Waals surface area (Å²) in [5, 5.41) is 20.0. The molecule has 0 radical (unpaired) electrons. The van der Waals surface area contributed by atoms with E-state index in [2.05, 4.69) is 20.8 Å². The fourth-order valence-electron chi connectivity index (χ4n) is 1.89. The molecule has 0 aliphatic carbocycles. The average Bonchev–Trinajstić information content (AvgIpc) is 2.03. The highest BCUT2D eigenvalue weighted by molar-refractivity contribution is 4.81. The number of hydrogen-bond acceptors (Lipinski definition) is 2. The molecule has 0 aliphatic rings. The van der Waals surface area contributed by atoms with Crippen molar-refractivity contribution < 1.29 is 10.2 Å². The van der Waals surface area contributed by atoms with Crippen molar-refractivity contribution in [3.63, 3.8) is 0 Å². The molecule has 1 unspecified atom stereocenters. The summed E-state index contributed by atoms with van der Waals surface area (Å²) < 4.78 is 0. The summed E-state index contributed by atoms with van der Waals surface area (Å²) in [6.45, 7) is 9.97. The smallest absolute Gasteiger partial charge is 0.167 e. The lowest BCUT2D eigenvalue weighted by Gasteiger charge is -2.37. The molecule has 0 bridgehead atoms. The largest absolute Gasteiger partial charge is 0.365 e. The first-order valence-electron chi connectivity index (χ1n) is 5.78. The van der Waals surface area contributed by atoms with Crippen LogP contribution in [0.2, 0.25) is 0 Å². The van der Waals surface area contributed by atoms with Gasteiger partial charge in [-0.05, 0) is 12.3 Å². The summed E-state index contributed by atoms with van der Waals surface area (Å²) >= 11 is 0. The second kappa shape index (κ2) is 5.72. The molecule has 0 rings (SSSR count). The van der Waals surface area contributed by atoms with Gasteiger partial charge in [0, 0.05) is 11.8 Å². The molecule has 14 heavy (non-hydrogen) atoms. The van der Waals surface area contributed by atoms with Gasteiger partial charge in [0.2, 0.25) is 0 Å². The van der Waals surface area contributed by atoms with E-state index in [1.54, 1.807) is 0 Å². The maximum absolute atomic E-state index is 10.0. The van der Waals surface area contributed by atoms with E-state index >= 15 is 0 Å². The Labute approximate surface area is 88.3 Å². The molecule has 0 heterocycles. The van der Waals surface area contributed by atoms with Crippen molar-refractivity contribution in [3.8, 4) is 0 Å². The van der Waals surface area contributed by atoms with Crippen molar-refractivity contribution in [3.05, 3.63) is 0 Å². The minimum absolute atomic E-state index is 0.0116. The third kappa shape index (κ3) is 3.58. The Morgan fingerprint density at radius 1 is 1.07 bits per heavy atom. The number of unbranched alkanes of at least 4 members (excludes halogenated alkanes) is 1. The van der Waals surface area contributed by atoms with E-state index in [0.717, 1.165) is 19.3 Å². The van der Waals surface area contributed by atoms with E-state index in [1.807, 2.05) is 13.8 Å². The van der Waals surface area contributed by atoms with Gasteiger partial charge in [-0.3, -0.25) is 0 Å². The Morgan fingerprint density at radius 3 is 1.86 bits per heavy atom. The first-order valence-corrected chi connectivity index (χ1v) is 5.78. The second-order valence-corrected chi connectivity index (χ2v) is 4.93. The summed E-state index contributed by atoms with van der Waals surface area (Å²) in [5.74, 6) is -1.31. The minimum atomic E-state index is -1.51. The first-order chi connectivity index (χ1) is 6.34. The van der Waals surface area contributed by atoms with Crippen LogP contribution in [0, 0.1) is 17.8 Å². The fraction of sp³-hybridized carbons (Fsp3) is 1.00. The van der Waals surface area contributed by atoms with Gasteiger partial charge in [-0.1, -0.05) is 47.5 Å². The Morgan fingerprint density at radius 2 is 1.57 bits per heavy atom. The first kappa shape index (κ1) is 13.9. The lowest BCUT2D eigenvalue weighted by molar-refractivity contribution is -0.239. The van der Waals surface area contributed by atoms with E-state index < -0.39 is 5.79 Å². The van der Waals surface area contributed by atoms with Crippen molar-refractivity contribution in [2.45, 2.75) is 59.7 Å². The lowest BCUT2D eigenvalue weighted by atomic mass is 9.78. The van der Waals surface area contributed by atoms with Crippen LogP contribution in [0.15, 0.2) is 0 Å². The second-order valence-electron chi connectivity index (χ2n) is 4.93. The third-order valence-electron chi connectivity index (χ3n) is 3.07. The van der Waals surface area contributed by atoms with Crippen molar-refractivity contribution in [2.75, 3.05) is 0 Å². The van der Waals surface area contributed by atoms with Gasteiger partial charge in [0.1, 0.15) is 0 Å². The topological polar surface area (TPSA) is 40.5 Å². The number of rotatable bonds is 6. The van der Waals surface area contributed by atoms with E-state index in [9.17, 15) is 10.2 Å². The molecule has 0 aromatic carbocycles. The molecular formula is C12H26O2. The van der Waals surface area contributed by atoms with Gasteiger partial charge in [-0.25, -0.2) is 0 Å². The van der Waals surface area contributed by atoms with Gasteiger partial charge in [0.15, 0.2) is 5.79 Å². The highest BCUT2D eigenvalue weighted by Gasteiger charge is 2.38. The van der Waals surface area contributed by atoms with Crippen LogP contribution in [-0.4, -0.2) is 16.0 Å². The van der Waals surface area contributed by atoms with Crippen LogP contribution in [0.25, 0.3) is 0 Å². The predicted octanol–water partition coefficient (Wildman–Crippen LogP) is 2.79. The van der Waals surface area contributed by atoms with Gasteiger partial charge >= 0.3 is 0 Å². The molecule has 1 atom stereocenters. The zero-order valence-corrected chi connectivity index (χ0v) is 10.2. The van der Waals surface area contributed by atoms with Crippen LogP contribution in [-0.2, 0) is 0 Å². The fourth-order valence-corrected chi connectivity index (χ4v) is 1.89. The molecule has 0 saturated heterocycles. The van der Waals surface area contributed by atoms with Crippen LogP contribution in [0.3, 0.4) is 0 Å². The normalized spacial score (nSPS) is 15.2. The Balaban J connectivity index is 4.47. The standard InChI is InChI=1S/C12H26O2/c1-6-7-8-11(9(2)3)12(13,14)10(4)5/h9-11,13-14H,6-8H2,1-5H3. The van der Waals surface area contributed by atoms with Gasteiger partial charge in [0.05, 0.1) is 0 Å². The van der Waals surface area contributed by atoms with Gasteiger partial charge < -0.3 is 10.2 Å². The monoisotopic (exact) mass is 202 g/mol. The summed E-state index contributed by atoms with van der Waals surface area (Å²) in [5.41, 5.74) is 0. The lowest BCUT2D eigenvalue weighted by Crippen LogP contribution is -2.45. The number of hydrogen-bond donors (Lipinski definition) is 2. The molecule has 2 heteroatoms. The molecule has 0 saturated carbocycles. The van der Waals surface area contributed by atoms with Crippen LogP contribution < -0.4 is 0 Å². The minimum Gasteiger partial charge on any atom is -0.365 e. The highest BCUT2D eigenvalue weighted by atomic mass is 16.5. The Kier molecular flexibility index (Phi) is 5.68. The zero-order valence-electron chi connectivity index (χ0n) is 10.2. The molecule has 2 nitrogen and oxygen atoms in total. The zero-order chi connectivity index (χ0) is 11.4. The number of aliphatic hydroxyl groups is 2. The van der Waals surface area contributed by atoms with Crippen LogP contribution in [0.5, 0.6) is 0 Å². The Hall–Kier alpha value is -0.0800. The molecular weight excluding hydrogens is 176 g/mol. The highest BCUT2D eigenvalue weighted by Crippen LogP contribution is 2.33. The summed E-state index contributed by atoms with van der Waals surface area (Å²) in [6.07, 6.45) is 3.08. The van der Waals surface area contributed by atoms with E-state index in [1.165, 1.54) is 0 Å². The van der Waals surface area contributed by atoms with Gasteiger partial charge in [-0.15, -0.1) is 0 Å². The molecule has 0 spiro atoms. The quantitative estimate of drug-likeness (QED) is 0.650. The van der Waals surface area contributed by atoms with E-state index in [-0.39, 0.29) is 11.8 Å². The maximum atomic E-state index is 10.0. The molecule has 0 fully saturated rings. The van der Waals surface area contributed by atoms with Crippen molar-refractivity contribution >= 4 is 0 Å². The van der Waals surface area contributed by atoms with Crippen molar-refractivity contribution in [1.29, 1.82) is 0 Å². The van der Waals surface area contributed by atoms with Gasteiger partial charge in [-0.2, -0.15) is 0 Å². The van der Waals surface area contributed by atoms with E-state index in [0.29, 0.717) is 5.92 Å². The third-order valence-corrected chi connectivity index (χ3v) is 3.07. The molecule has 0 aromatic heterocycles. The SMILES string of the molecule is CCCCC(C(C)C)C(O)(O)C(C)C. The maximum Gasteiger partial charge on any atom is 0.167 e. The summed E-state index contributed by atoms with van der Waals surface area (Å²) in [6, 6.07) is 0. The van der Waals surface area contributed by atoms with Gasteiger partial charge in [0.25, 0.3) is 0 Å². The summed E-state index contributed by atoms with van der Waals surface area (Å²) in [7, 11) is 0. The Bertz CT molecular complexity index is 150. The molecule has 86 valence electrons. The average molecular weight is 202 g/mol. The molecule has 0 aromatic rings. The predicted molar refractivity (Wildman–Crippen MR) is 59.9 cm³/mol.